The lowest BCUT2D eigenvalue weighted by molar-refractivity contribution is -0.161. The van der Waals surface area contributed by atoms with Crippen LogP contribution < -0.4 is 11.4 Å². The number of phosphoric ester groups is 2. The lowest BCUT2D eigenvalue weighted by Gasteiger charge is -2.21. The molecule has 75 heavy (non-hydrogen) atoms. The molecular formula is C54H91N3O16P2. The molecule has 1 aliphatic heterocycles. The van der Waals surface area contributed by atoms with E-state index in [1.165, 1.54) is 83.1 Å². The number of unbranched alkanes of at least 4 members (excludes halogenated alkanes) is 18. The number of esters is 2. The van der Waals surface area contributed by atoms with Crippen molar-refractivity contribution < 1.29 is 71.1 Å². The van der Waals surface area contributed by atoms with Crippen LogP contribution in [0.5, 0.6) is 0 Å². The van der Waals surface area contributed by atoms with E-state index in [0.717, 1.165) is 61.6 Å². The van der Waals surface area contributed by atoms with E-state index in [-0.39, 0.29) is 24.4 Å². The molecule has 0 saturated carbocycles. The fraction of sp³-hybridized carbons (Fsp3) is 0.722. The third-order valence-electron chi connectivity index (χ3n) is 12.3. The molecular weight excluding hydrogens is 1010 g/mol. The first-order valence-corrected chi connectivity index (χ1v) is 30.5. The number of aliphatic hydroxyl groups excluding tert-OH is 2. The number of ketones is 1. The van der Waals surface area contributed by atoms with Crippen molar-refractivity contribution in [3.05, 3.63) is 71.4 Å². The maximum Gasteiger partial charge on any atom is 0.481 e. The quantitative estimate of drug-likeness (QED) is 0.0101. The van der Waals surface area contributed by atoms with E-state index in [1.807, 2.05) is 36.5 Å². The van der Waals surface area contributed by atoms with E-state index in [0.29, 0.717) is 38.5 Å². The highest BCUT2D eigenvalue weighted by atomic mass is 31.3. The minimum absolute atomic E-state index is 0.0516. The van der Waals surface area contributed by atoms with E-state index >= 15 is 0 Å². The van der Waals surface area contributed by atoms with Crippen molar-refractivity contribution in [1.29, 1.82) is 0 Å². The molecule has 7 atom stereocenters. The van der Waals surface area contributed by atoms with Crippen LogP contribution in [0.25, 0.3) is 0 Å². The normalized spacial score (nSPS) is 19.1. The summed E-state index contributed by atoms with van der Waals surface area (Å²) in [7, 11) is -10.9. The van der Waals surface area contributed by atoms with Crippen molar-refractivity contribution in [1.82, 2.24) is 9.55 Å². The zero-order valence-corrected chi connectivity index (χ0v) is 46.8. The number of aromatic nitrogens is 2. The molecule has 19 nitrogen and oxygen atoms in total. The SMILES string of the molecule is CCCCCC(=O)/C=C/C=C\C/C=C\C/C=C\CCCC(=O)O[C@H](COC(=O)CCCCCCCCCCCCCCCCCCC(C)C)COP(=O)(O)OP(=O)(O)OC[C@H]1O[C@@H](n2ccc(N)nc2=O)[C@H](O)[C@@H]1O. The number of hydrogen-bond acceptors (Lipinski definition) is 16. The minimum Gasteiger partial charge on any atom is -0.462 e. The molecule has 6 N–H and O–H groups in total. The summed E-state index contributed by atoms with van der Waals surface area (Å²) >= 11 is 0. The second-order valence-corrected chi connectivity index (χ2v) is 22.6. The molecule has 2 unspecified atom stereocenters. The molecule has 0 radical (unpaired) electrons. The van der Waals surface area contributed by atoms with Crippen LogP contribution in [-0.2, 0) is 51.1 Å². The van der Waals surface area contributed by atoms with Crippen molar-refractivity contribution in [2.24, 2.45) is 5.92 Å². The second kappa shape index (κ2) is 40.6. The molecule has 0 bridgehead atoms. The number of nitrogens with zero attached hydrogens (tertiary/aromatic N) is 2. The standard InChI is InChI=1S/C54H91N3O16P2/c1-4-5-29-35-45(58)36-31-26-22-18-14-12-16-20-24-28-33-38-50(60)71-46(41-68-49(59)37-32-27-23-19-15-11-9-7-6-8-10-13-17-21-25-30-34-44(2)3)42-69-74(64,65)73-75(66,67)70-43-47-51(61)52(62)53(72-47)57-40-39-48(55)56-54(57)63/h12,14,20,22,24,26,31,36,39-40,44,46-47,51-53,61-62H,4-11,13,15-19,21,23,25,27-30,32-35,37-38,41-43H2,1-3H3,(H,64,65)(H,66,67)(H2,55,56,63)/b14-12-,24-20-,26-22-,36-31+/t46-,47-,51-,52-,53-/m1/s1. The zero-order chi connectivity index (χ0) is 55.2. The highest BCUT2D eigenvalue weighted by molar-refractivity contribution is 7.61. The molecule has 1 aromatic rings. The van der Waals surface area contributed by atoms with Gasteiger partial charge in [0.25, 0.3) is 0 Å². The summed E-state index contributed by atoms with van der Waals surface area (Å²) in [5, 5.41) is 20.9. The number of phosphoric acid groups is 2. The van der Waals surface area contributed by atoms with Crippen molar-refractivity contribution in [3.8, 4) is 0 Å². The summed E-state index contributed by atoms with van der Waals surface area (Å²) in [5.41, 5.74) is 4.58. The average molecular weight is 1100 g/mol. The summed E-state index contributed by atoms with van der Waals surface area (Å²) in [6, 6.07) is 1.24. The fourth-order valence-corrected chi connectivity index (χ4v) is 10.1. The third-order valence-corrected chi connectivity index (χ3v) is 14.9. The molecule has 21 heteroatoms. The van der Waals surface area contributed by atoms with Crippen LogP contribution in [0, 0.1) is 5.92 Å². The van der Waals surface area contributed by atoms with Crippen molar-refractivity contribution >= 4 is 39.2 Å². The number of ether oxygens (including phenoxy) is 3. The van der Waals surface area contributed by atoms with Crippen LogP contribution in [-0.4, -0.2) is 91.5 Å². The van der Waals surface area contributed by atoms with Gasteiger partial charge in [0.2, 0.25) is 0 Å². The predicted molar refractivity (Wildman–Crippen MR) is 289 cm³/mol. The monoisotopic (exact) mass is 1100 g/mol. The van der Waals surface area contributed by atoms with Gasteiger partial charge in [0.15, 0.2) is 18.1 Å². The molecule has 1 saturated heterocycles. The zero-order valence-electron chi connectivity index (χ0n) is 45.0. The number of carbonyl (C=O) groups is 3. The lowest BCUT2D eigenvalue weighted by Crippen LogP contribution is -2.36. The van der Waals surface area contributed by atoms with Crippen LogP contribution in [0.4, 0.5) is 5.82 Å². The molecule has 0 aliphatic carbocycles. The molecule has 1 aromatic heterocycles. The molecule has 0 aromatic carbocycles. The van der Waals surface area contributed by atoms with Gasteiger partial charge >= 0.3 is 33.3 Å². The number of allylic oxidation sites excluding steroid dienone is 8. The topological polar surface area (TPSA) is 283 Å². The van der Waals surface area contributed by atoms with Crippen LogP contribution in [0.15, 0.2) is 65.7 Å². The Balaban J connectivity index is 1.80. The van der Waals surface area contributed by atoms with E-state index < -0.39 is 83.7 Å². The van der Waals surface area contributed by atoms with Gasteiger partial charge in [0, 0.05) is 25.5 Å². The van der Waals surface area contributed by atoms with Gasteiger partial charge in [-0.2, -0.15) is 9.29 Å². The summed E-state index contributed by atoms with van der Waals surface area (Å²) in [6.45, 7) is 4.29. The number of nitrogen functional groups attached to an aromatic ring is 1. The van der Waals surface area contributed by atoms with Crippen LogP contribution in [0.1, 0.15) is 200 Å². The molecule has 1 aliphatic rings. The highest BCUT2D eigenvalue weighted by Gasteiger charge is 2.46. The molecule has 0 spiro atoms. The summed E-state index contributed by atoms with van der Waals surface area (Å²) in [5.74, 6) is -0.465. The van der Waals surface area contributed by atoms with E-state index in [4.69, 9.17) is 29.0 Å². The molecule has 2 rings (SSSR count). The number of nitrogens with two attached hydrogens (primary N) is 1. The third kappa shape index (κ3) is 34.0. The Hall–Kier alpha value is -3.61. The van der Waals surface area contributed by atoms with Gasteiger partial charge in [-0.3, -0.25) is 28.0 Å². The summed E-state index contributed by atoms with van der Waals surface area (Å²) < 4.78 is 56.8. The maximum atomic E-state index is 12.9. The van der Waals surface area contributed by atoms with Crippen LogP contribution in [0.3, 0.4) is 0 Å². The van der Waals surface area contributed by atoms with Crippen LogP contribution >= 0.6 is 15.6 Å². The van der Waals surface area contributed by atoms with Crippen molar-refractivity contribution in [2.75, 3.05) is 25.6 Å². The minimum atomic E-state index is -5.45. The van der Waals surface area contributed by atoms with Gasteiger partial charge in [-0.25, -0.2) is 13.9 Å². The van der Waals surface area contributed by atoms with E-state index in [1.54, 1.807) is 12.2 Å². The molecule has 1 fully saturated rings. The Morgan fingerprint density at radius 1 is 0.720 bits per heavy atom. The van der Waals surface area contributed by atoms with Crippen molar-refractivity contribution in [3.63, 3.8) is 0 Å². The first kappa shape index (κ1) is 67.5. The first-order chi connectivity index (χ1) is 35.9. The van der Waals surface area contributed by atoms with Gasteiger partial charge in [-0.05, 0) is 56.6 Å². The average Bonchev–Trinajstić information content (AvgIpc) is 3.63. The highest BCUT2D eigenvalue weighted by Crippen LogP contribution is 2.60. The fourth-order valence-electron chi connectivity index (χ4n) is 8.04. The smallest absolute Gasteiger partial charge is 0.462 e. The Kier molecular flexibility index (Phi) is 36.5. The van der Waals surface area contributed by atoms with Crippen molar-refractivity contribution in [2.45, 2.75) is 225 Å². The number of carbonyl (C=O) groups excluding carboxylic acids is 3. The van der Waals surface area contributed by atoms with Crippen LogP contribution in [0.2, 0.25) is 0 Å². The van der Waals surface area contributed by atoms with E-state index in [9.17, 15) is 48.3 Å². The Morgan fingerprint density at radius 2 is 1.28 bits per heavy atom. The summed E-state index contributed by atoms with van der Waals surface area (Å²) in [6.07, 6.45) is 34.7. The number of hydrogen-bond donors (Lipinski definition) is 5. The molecule has 428 valence electrons. The Labute approximate surface area is 446 Å². The first-order valence-electron chi connectivity index (χ1n) is 27.5. The molecule has 2 heterocycles. The Bertz CT molecular complexity index is 2030. The van der Waals surface area contributed by atoms with Gasteiger partial charge in [0.05, 0.1) is 13.2 Å². The Morgan fingerprint density at radius 3 is 1.89 bits per heavy atom. The number of aliphatic hydroxyl groups is 2. The van der Waals surface area contributed by atoms with Gasteiger partial charge in [0.1, 0.15) is 30.7 Å². The second-order valence-electron chi connectivity index (χ2n) is 19.6. The number of anilines is 1. The van der Waals surface area contributed by atoms with Gasteiger partial charge < -0.3 is 39.9 Å². The van der Waals surface area contributed by atoms with E-state index in [2.05, 4.69) is 30.1 Å². The largest absolute Gasteiger partial charge is 0.481 e. The number of rotatable bonds is 45. The molecule has 0 amide bonds. The van der Waals surface area contributed by atoms with Gasteiger partial charge in [-0.1, -0.05) is 179 Å². The van der Waals surface area contributed by atoms with Gasteiger partial charge in [-0.15, -0.1) is 0 Å². The summed E-state index contributed by atoms with van der Waals surface area (Å²) in [4.78, 5) is 73.8. The maximum absolute atomic E-state index is 12.9. The lowest BCUT2D eigenvalue weighted by atomic mass is 10.0. The predicted octanol–water partition coefficient (Wildman–Crippen LogP) is 11.2.